The van der Waals surface area contributed by atoms with E-state index in [4.69, 9.17) is 14.5 Å². The second kappa shape index (κ2) is 7.78. The number of esters is 1. The van der Waals surface area contributed by atoms with Crippen LogP contribution in [0, 0.1) is 5.92 Å². The number of aryl methyl sites for hydroxylation is 1. The van der Waals surface area contributed by atoms with E-state index < -0.39 is 0 Å². The van der Waals surface area contributed by atoms with Crippen LogP contribution in [0.4, 0.5) is 0 Å². The van der Waals surface area contributed by atoms with E-state index >= 15 is 0 Å². The molecule has 0 spiro atoms. The number of ether oxygens (including phenoxy) is 2. The summed E-state index contributed by atoms with van der Waals surface area (Å²) in [4.78, 5) is 17.7. The van der Waals surface area contributed by atoms with Gasteiger partial charge >= 0.3 is 5.97 Å². The fourth-order valence-electron chi connectivity index (χ4n) is 3.68. The molecule has 4 nitrogen and oxygen atoms in total. The van der Waals surface area contributed by atoms with Crippen LogP contribution in [0.5, 0.6) is 5.75 Å². The Labute approximate surface area is 159 Å². The van der Waals surface area contributed by atoms with Crippen molar-refractivity contribution in [3.05, 3.63) is 71.4 Å². The second-order valence-corrected chi connectivity index (χ2v) is 7.07. The van der Waals surface area contributed by atoms with Crippen LogP contribution < -0.4 is 4.74 Å². The largest absolute Gasteiger partial charge is 0.490 e. The van der Waals surface area contributed by atoms with Crippen molar-refractivity contribution >= 4 is 16.9 Å². The number of aromatic nitrogens is 1. The molecular weight excluding hydrogens is 338 g/mol. The molecular formula is C23H23NO3. The van der Waals surface area contributed by atoms with E-state index in [0.29, 0.717) is 18.1 Å². The molecule has 1 aromatic heterocycles. The number of rotatable bonds is 5. The van der Waals surface area contributed by atoms with Crippen molar-refractivity contribution in [2.45, 2.75) is 26.2 Å². The first kappa shape index (κ1) is 17.5. The van der Waals surface area contributed by atoms with Gasteiger partial charge in [-0.2, -0.15) is 0 Å². The lowest BCUT2D eigenvalue weighted by Gasteiger charge is -2.24. The monoisotopic (exact) mass is 361 g/mol. The predicted molar refractivity (Wildman–Crippen MR) is 105 cm³/mol. The Balaban J connectivity index is 1.54. The van der Waals surface area contributed by atoms with Crippen LogP contribution in [0.3, 0.4) is 0 Å². The highest BCUT2D eigenvalue weighted by atomic mass is 16.6. The van der Waals surface area contributed by atoms with E-state index in [2.05, 4.69) is 6.92 Å². The van der Waals surface area contributed by atoms with Crippen LogP contribution in [0.2, 0.25) is 0 Å². The zero-order chi connectivity index (χ0) is 18.6. The first-order valence-corrected chi connectivity index (χ1v) is 9.48. The number of fused-ring (bicyclic) bond motifs is 2. The van der Waals surface area contributed by atoms with Gasteiger partial charge in [0.05, 0.1) is 11.1 Å². The molecule has 0 N–H and O–H groups in total. The topological polar surface area (TPSA) is 48.4 Å². The lowest BCUT2D eigenvalue weighted by atomic mass is 9.84. The maximum Gasteiger partial charge on any atom is 0.339 e. The first-order chi connectivity index (χ1) is 13.2. The molecule has 0 bridgehead atoms. The van der Waals surface area contributed by atoms with Gasteiger partial charge in [0.1, 0.15) is 19.0 Å². The molecule has 27 heavy (non-hydrogen) atoms. The molecule has 0 aliphatic heterocycles. The van der Waals surface area contributed by atoms with Crippen molar-refractivity contribution in [3.63, 3.8) is 0 Å². The summed E-state index contributed by atoms with van der Waals surface area (Å²) in [5.41, 5.74) is 3.64. The average molecular weight is 361 g/mol. The highest BCUT2D eigenvalue weighted by Gasteiger charge is 2.26. The Morgan fingerprint density at radius 3 is 2.70 bits per heavy atom. The molecule has 1 atom stereocenters. The molecule has 0 radical (unpaired) electrons. The smallest absolute Gasteiger partial charge is 0.339 e. The van der Waals surface area contributed by atoms with Gasteiger partial charge in [-0.3, -0.25) is 4.98 Å². The third-order valence-electron chi connectivity index (χ3n) is 5.04. The van der Waals surface area contributed by atoms with Crippen LogP contribution in [-0.2, 0) is 17.6 Å². The van der Waals surface area contributed by atoms with Gasteiger partial charge in [-0.15, -0.1) is 0 Å². The van der Waals surface area contributed by atoms with E-state index in [0.717, 1.165) is 47.2 Å². The van der Waals surface area contributed by atoms with Crippen molar-refractivity contribution in [2.24, 2.45) is 5.92 Å². The maximum absolute atomic E-state index is 12.9. The third kappa shape index (κ3) is 3.80. The van der Waals surface area contributed by atoms with Crippen molar-refractivity contribution in [1.29, 1.82) is 0 Å². The van der Waals surface area contributed by atoms with E-state index in [1.54, 1.807) is 0 Å². The number of hydrogen-bond acceptors (Lipinski definition) is 4. The molecule has 0 saturated carbocycles. The lowest BCUT2D eigenvalue weighted by molar-refractivity contribution is 0.0451. The summed E-state index contributed by atoms with van der Waals surface area (Å²) in [6.07, 6.45) is 2.90. The summed E-state index contributed by atoms with van der Waals surface area (Å²) >= 11 is 0. The SMILES string of the molecule is CC1CCc2nc3ccccc3c(C(=O)OCCOc3ccccc3)c2C1. The number of hydrogen-bond donors (Lipinski definition) is 0. The Bertz CT molecular complexity index is 952. The second-order valence-electron chi connectivity index (χ2n) is 7.07. The zero-order valence-electron chi connectivity index (χ0n) is 15.5. The molecule has 138 valence electrons. The van der Waals surface area contributed by atoms with Crippen LogP contribution >= 0.6 is 0 Å². The maximum atomic E-state index is 12.9. The standard InChI is InChI=1S/C23H23NO3/c1-16-11-12-21-19(15-16)22(18-9-5-6-10-20(18)24-21)23(25)27-14-13-26-17-7-3-2-4-8-17/h2-10,16H,11-15H2,1H3. The fourth-order valence-corrected chi connectivity index (χ4v) is 3.68. The minimum atomic E-state index is -0.282. The first-order valence-electron chi connectivity index (χ1n) is 9.48. The zero-order valence-corrected chi connectivity index (χ0v) is 15.5. The van der Waals surface area contributed by atoms with Gasteiger partial charge < -0.3 is 9.47 Å². The molecule has 1 aliphatic rings. The fraction of sp³-hybridized carbons (Fsp3) is 0.304. The molecule has 4 rings (SSSR count). The third-order valence-corrected chi connectivity index (χ3v) is 5.04. The number of benzene rings is 2. The summed E-state index contributed by atoms with van der Waals surface area (Å²) in [6.45, 7) is 2.77. The molecule has 1 unspecified atom stereocenters. The number of carbonyl (C=O) groups excluding carboxylic acids is 1. The average Bonchev–Trinajstić information content (AvgIpc) is 2.70. The Kier molecular flexibility index (Phi) is 5.05. The highest BCUT2D eigenvalue weighted by molar-refractivity contribution is 6.05. The lowest BCUT2D eigenvalue weighted by Crippen LogP contribution is -2.20. The number of para-hydroxylation sites is 2. The van der Waals surface area contributed by atoms with Crippen LogP contribution in [0.1, 0.15) is 35.0 Å². The Morgan fingerprint density at radius 2 is 1.85 bits per heavy atom. The van der Waals surface area contributed by atoms with E-state index in [1.807, 2.05) is 54.6 Å². The molecule has 0 saturated heterocycles. The minimum Gasteiger partial charge on any atom is -0.490 e. The molecule has 1 aliphatic carbocycles. The van der Waals surface area contributed by atoms with E-state index in [-0.39, 0.29) is 12.6 Å². The number of carbonyl (C=O) groups is 1. The van der Waals surface area contributed by atoms with Gasteiger partial charge in [0.25, 0.3) is 0 Å². The van der Waals surface area contributed by atoms with Gasteiger partial charge in [-0.1, -0.05) is 43.3 Å². The van der Waals surface area contributed by atoms with E-state index in [9.17, 15) is 4.79 Å². The summed E-state index contributed by atoms with van der Waals surface area (Å²) in [7, 11) is 0. The highest BCUT2D eigenvalue weighted by Crippen LogP contribution is 2.31. The van der Waals surface area contributed by atoms with Crippen molar-refractivity contribution in [2.75, 3.05) is 13.2 Å². The summed E-state index contributed by atoms with van der Waals surface area (Å²) in [5, 5.41) is 0.874. The van der Waals surface area contributed by atoms with Crippen LogP contribution in [0.15, 0.2) is 54.6 Å². The van der Waals surface area contributed by atoms with Gasteiger partial charge in [0.2, 0.25) is 0 Å². The molecule has 1 heterocycles. The van der Waals surface area contributed by atoms with Gasteiger partial charge in [0.15, 0.2) is 0 Å². The molecule has 3 aromatic rings. The molecule has 0 amide bonds. The van der Waals surface area contributed by atoms with Crippen LogP contribution in [-0.4, -0.2) is 24.2 Å². The Hall–Kier alpha value is -2.88. The van der Waals surface area contributed by atoms with Crippen molar-refractivity contribution < 1.29 is 14.3 Å². The van der Waals surface area contributed by atoms with Crippen molar-refractivity contribution in [1.82, 2.24) is 4.98 Å². The van der Waals surface area contributed by atoms with Gasteiger partial charge in [0, 0.05) is 11.1 Å². The quantitative estimate of drug-likeness (QED) is 0.492. The van der Waals surface area contributed by atoms with Gasteiger partial charge in [-0.05, 0) is 48.9 Å². The molecule has 0 fully saturated rings. The number of pyridine rings is 1. The number of nitrogens with zero attached hydrogens (tertiary/aromatic N) is 1. The normalized spacial score (nSPS) is 16.0. The minimum absolute atomic E-state index is 0.217. The van der Waals surface area contributed by atoms with Crippen LogP contribution in [0.25, 0.3) is 10.9 Å². The van der Waals surface area contributed by atoms with Gasteiger partial charge in [-0.25, -0.2) is 4.79 Å². The summed E-state index contributed by atoms with van der Waals surface area (Å²) in [5.74, 6) is 1.04. The Morgan fingerprint density at radius 1 is 1.07 bits per heavy atom. The summed E-state index contributed by atoms with van der Waals surface area (Å²) < 4.78 is 11.2. The molecule has 2 aromatic carbocycles. The molecule has 4 heteroatoms. The van der Waals surface area contributed by atoms with Crippen molar-refractivity contribution in [3.8, 4) is 5.75 Å². The predicted octanol–water partition coefficient (Wildman–Crippen LogP) is 4.60. The summed E-state index contributed by atoms with van der Waals surface area (Å²) in [6, 6.07) is 17.4. The van der Waals surface area contributed by atoms with E-state index in [1.165, 1.54) is 0 Å².